The number of aliphatic carboxylic acids is 1. The van der Waals surface area contributed by atoms with Crippen LogP contribution in [0.25, 0.3) is 0 Å². The highest BCUT2D eigenvalue weighted by atomic mass is 16.7. The van der Waals surface area contributed by atoms with Crippen molar-refractivity contribution in [3.63, 3.8) is 0 Å². The molecular formula is C20H35NO10. The van der Waals surface area contributed by atoms with Gasteiger partial charge in [-0.25, -0.2) is 0 Å². The molecule has 0 bridgehead atoms. The van der Waals surface area contributed by atoms with Gasteiger partial charge >= 0.3 is 5.97 Å². The van der Waals surface area contributed by atoms with E-state index >= 15 is 0 Å². The molecule has 0 spiro atoms. The van der Waals surface area contributed by atoms with Crippen molar-refractivity contribution < 1.29 is 49.6 Å². The smallest absolute Gasteiger partial charge is 0.311 e. The van der Waals surface area contributed by atoms with Crippen molar-refractivity contribution in [3.05, 3.63) is 12.2 Å². The Kier molecular flexibility index (Phi) is 8.96. The monoisotopic (exact) mass is 449 g/mol. The molecule has 31 heavy (non-hydrogen) atoms. The van der Waals surface area contributed by atoms with E-state index in [1.807, 2.05) is 0 Å². The van der Waals surface area contributed by atoms with Crippen LogP contribution in [-0.2, 0) is 19.0 Å². The van der Waals surface area contributed by atoms with E-state index in [1.165, 1.54) is 6.92 Å². The van der Waals surface area contributed by atoms with Crippen molar-refractivity contribution in [1.82, 2.24) is 0 Å². The quantitative estimate of drug-likeness (QED) is 0.212. The van der Waals surface area contributed by atoms with Gasteiger partial charge in [0.1, 0.15) is 12.0 Å². The first-order chi connectivity index (χ1) is 14.4. The number of hydrogen-bond acceptors (Lipinski definition) is 10. The van der Waals surface area contributed by atoms with E-state index in [0.29, 0.717) is 0 Å². The fourth-order valence-corrected chi connectivity index (χ4v) is 4.19. The maximum absolute atomic E-state index is 11.8. The van der Waals surface area contributed by atoms with Crippen LogP contribution in [0.3, 0.4) is 0 Å². The maximum Gasteiger partial charge on any atom is 0.311 e. The lowest BCUT2D eigenvalue weighted by Crippen LogP contribution is -2.61. The molecule has 0 saturated carbocycles. The van der Waals surface area contributed by atoms with Gasteiger partial charge < -0.3 is 50.6 Å². The fourth-order valence-electron chi connectivity index (χ4n) is 4.19. The van der Waals surface area contributed by atoms with Gasteiger partial charge in [-0.1, -0.05) is 12.2 Å². The van der Waals surface area contributed by atoms with Crippen molar-refractivity contribution in [2.75, 3.05) is 0 Å². The summed E-state index contributed by atoms with van der Waals surface area (Å²) in [6.07, 6.45) is -6.09. The Balaban J connectivity index is 2.20. The van der Waals surface area contributed by atoms with Crippen LogP contribution in [0.5, 0.6) is 0 Å². The summed E-state index contributed by atoms with van der Waals surface area (Å²) >= 11 is 0. The number of hydrogen-bond donors (Lipinski definition) is 7. The van der Waals surface area contributed by atoms with Gasteiger partial charge in [-0.05, 0) is 20.8 Å². The first-order valence-electron chi connectivity index (χ1n) is 10.4. The third-order valence-electron chi connectivity index (χ3n) is 5.69. The second-order valence-electron chi connectivity index (χ2n) is 8.50. The van der Waals surface area contributed by atoms with Crippen LogP contribution in [-0.4, -0.2) is 97.5 Å². The number of carbonyl (C=O) groups is 1. The summed E-state index contributed by atoms with van der Waals surface area (Å²) in [6, 6.07) is -1.00. The molecule has 2 heterocycles. The van der Waals surface area contributed by atoms with Gasteiger partial charge in [0.2, 0.25) is 0 Å². The molecule has 11 atom stereocenters. The largest absolute Gasteiger partial charge is 0.481 e. The average Bonchev–Trinajstić information content (AvgIpc) is 2.62. The number of aliphatic hydroxyl groups excluding tert-OH is 4. The second-order valence-corrected chi connectivity index (χ2v) is 8.50. The van der Waals surface area contributed by atoms with Gasteiger partial charge in [-0.15, -0.1) is 0 Å². The summed E-state index contributed by atoms with van der Waals surface area (Å²) in [4.78, 5) is 11.8. The number of allylic oxidation sites excluding steroid dienone is 1. The molecule has 0 aromatic heterocycles. The van der Waals surface area contributed by atoms with Crippen LogP contribution in [0, 0.1) is 5.92 Å². The molecule has 180 valence electrons. The van der Waals surface area contributed by atoms with Crippen LogP contribution >= 0.6 is 0 Å². The minimum Gasteiger partial charge on any atom is -0.481 e. The Morgan fingerprint density at radius 3 is 2.52 bits per heavy atom. The van der Waals surface area contributed by atoms with Crippen molar-refractivity contribution in [3.8, 4) is 0 Å². The van der Waals surface area contributed by atoms with Crippen LogP contribution in [0.4, 0.5) is 0 Å². The van der Waals surface area contributed by atoms with E-state index in [-0.39, 0.29) is 19.3 Å². The number of rotatable bonds is 8. The summed E-state index contributed by atoms with van der Waals surface area (Å²) in [7, 11) is 0. The summed E-state index contributed by atoms with van der Waals surface area (Å²) in [5.41, 5.74) is 5.83. The summed E-state index contributed by atoms with van der Waals surface area (Å²) in [5.74, 6) is -4.55. The molecule has 0 amide bonds. The molecule has 11 nitrogen and oxygen atoms in total. The SMILES string of the molecule is C/C=C/[C@@H](CC1O[C@](O)(C[C@H](C)O)CC(O)[C@H]1C(=O)O)OC1OC(C)C(O)C(N)C1O. The van der Waals surface area contributed by atoms with E-state index < -0.39 is 72.7 Å². The number of ether oxygens (including phenoxy) is 3. The zero-order chi connectivity index (χ0) is 23.5. The van der Waals surface area contributed by atoms with Gasteiger partial charge in [-0.3, -0.25) is 4.79 Å². The van der Waals surface area contributed by atoms with Gasteiger partial charge in [0.05, 0.1) is 42.7 Å². The zero-order valence-corrected chi connectivity index (χ0v) is 17.9. The van der Waals surface area contributed by atoms with Gasteiger partial charge in [0.25, 0.3) is 0 Å². The van der Waals surface area contributed by atoms with E-state index in [1.54, 1.807) is 26.0 Å². The Hall–Kier alpha value is -1.15. The molecule has 0 aromatic carbocycles. The highest BCUT2D eigenvalue weighted by Gasteiger charge is 2.50. The molecule has 2 aliphatic rings. The fraction of sp³-hybridized carbons (Fsp3) is 0.850. The average molecular weight is 449 g/mol. The van der Waals surface area contributed by atoms with Crippen molar-refractivity contribution in [2.45, 2.75) is 101 Å². The van der Waals surface area contributed by atoms with Crippen molar-refractivity contribution in [1.29, 1.82) is 0 Å². The first-order valence-corrected chi connectivity index (χ1v) is 10.4. The molecular weight excluding hydrogens is 414 g/mol. The van der Waals surface area contributed by atoms with E-state index in [9.17, 15) is 35.4 Å². The van der Waals surface area contributed by atoms with Crippen LogP contribution < -0.4 is 5.73 Å². The van der Waals surface area contributed by atoms with Crippen LogP contribution in [0.1, 0.15) is 40.0 Å². The molecule has 11 heteroatoms. The molecule has 2 fully saturated rings. The minimum absolute atomic E-state index is 0.0980. The van der Waals surface area contributed by atoms with Gasteiger partial charge in [0.15, 0.2) is 12.1 Å². The standard InChI is InChI=1S/C20H35NO10/c1-4-5-11(30-19-17(25)15(21)16(24)10(3)29-19)6-13-14(18(26)27)12(23)8-20(28,31-13)7-9(2)22/h4-5,9-17,19,22-25,28H,6-8,21H2,1-3H3,(H,26,27)/b5-4+/t9-,10?,11-,12?,13?,14+,15?,16?,17?,19?,20+/m0/s1. The molecule has 0 aromatic rings. The van der Waals surface area contributed by atoms with Crippen molar-refractivity contribution in [2.24, 2.45) is 11.7 Å². The number of carboxylic acid groups (broad SMARTS) is 1. The Morgan fingerprint density at radius 2 is 1.97 bits per heavy atom. The van der Waals surface area contributed by atoms with Gasteiger partial charge in [-0.2, -0.15) is 0 Å². The number of nitrogens with two attached hydrogens (primary N) is 1. The highest BCUT2D eigenvalue weighted by Crippen LogP contribution is 2.37. The molecule has 0 aliphatic carbocycles. The van der Waals surface area contributed by atoms with E-state index in [2.05, 4.69) is 0 Å². The topological polar surface area (TPSA) is 192 Å². The highest BCUT2D eigenvalue weighted by molar-refractivity contribution is 5.71. The Labute approximate surface area is 181 Å². The predicted molar refractivity (Wildman–Crippen MR) is 106 cm³/mol. The Bertz CT molecular complexity index is 631. The first kappa shape index (κ1) is 26.1. The third kappa shape index (κ3) is 6.44. The number of aliphatic hydroxyl groups is 5. The predicted octanol–water partition coefficient (Wildman–Crippen LogP) is -1.56. The molecule has 8 N–H and O–H groups in total. The normalized spacial score (nSPS) is 43.6. The second kappa shape index (κ2) is 10.6. The summed E-state index contributed by atoms with van der Waals surface area (Å²) < 4.78 is 17.0. The summed E-state index contributed by atoms with van der Waals surface area (Å²) in [6.45, 7) is 4.73. The molecule has 2 saturated heterocycles. The van der Waals surface area contributed by atoms with Crippen LogP contribution in [0.2, 0.25) is 0 Å². The molecule has 2 aliphatic heterocycles. The minimum atomic E-state index is -1.91. The van der Waals surface area contributed by atoms with E-state index in [4.69, 9.17) is 19.9 Å². The maximum atomic E-state index is 11.8. The lowest BCUT2D eigenvalue weighted by atomic mass is 9.83. The molecule has 2 rings (SSSR count). The lowest BCUT2D eigenvalue weighted by Gasteiger charge is -2.45. The van der Waals surface area contributed by atoms with Crippen LogP contribution in [0.15, 0.2) is 12.2 Å². The Morgan fingerprint density at radius 1 is 1.32 bits per heavy atom. The van der Waals surface area contributed by atoms with E-state index in [0.717, 1.165) is 0 Å². The van der Waals surface area contributed by atoms with Crippen molar-refractivity contribution >= 4 is 5.97 Å². The zero-order valence-electron chi connectivity index (χ0n) is 17.9. The summed E-state index contributed by atoms with van der Waals surface area (Å²) in [5, 5.41) is 60.6. The van der Waals surface area contributed by atoms with Gasteiger partial charge in [0, 0.05) is 19.3 Å². The molecule has 0 radical (unpaired) electrons. The molecule has 7 unspecified atom stereocenters. The lowest BCUT2D eigenvalue weighted by molar-refractivity contribution is -0.307. The number of carboxylic acids is 1. The third-order valence-corrected chi connectivity index (χ3v) is 5.69.